The van der Waals surface area contributed by atoms with Gasteiger partial charge in [0.1, 0.15) is 11.6 Å². The van der Waals surface area contributed by atoms with Crippen LogP contribution >= 0.6 is 23.8 Å². The zero-order valence-electron chi connectivity index (χ0n) is 15.8. The lowest BCUT2D eigenvalue weighted by molar-refractivity contribution is 0.268. The second-order valence-corrected chi connectivity index (χ2v) is 9.09. The number of benzene rings is 2. The first kappa shape index (κ1) is 21.8. The zero-order valence-corrected chi connectivity index (χ0v) is 18.2. The summed E-state index contributed by atoms with van der Waals surface area (Å²) in [6, 6.07) is 10.7. The summed E-state index contributed by atoms with van der Waals surface area (Å²) in [5.41, 5.74) is 0.575. The summed E-state index contributed by atoms with van der Waals surface area (Å²) in [7, 11) is -3.58. The number of sulfonamides is 1. The van der Waals surface area contributed by atoms with Crippen molar-refractivity contribution in [3.63, 3.8) is 0 Å². The van der Waals surface area contributed by atoms with Crippen molar-refractivity contribution < 1.29 is 17.5 Å². The summed E-state index contributed by atoms with van der Waals surface area (Å²) < 4.78 is 45.8. The normalized spacial score (nSPS) is 15.2. The largest absolute Gasteiger partial charge is 0.494 e. The fourth-order valence-electron chi connectivity index (χ4n) is 2.93. The molecule has 0 amide bonds. The van der Waals surface area contributed by atoms with Gasteiger partial charge in [-0.15, -0.1) is 0 Å². The highest BCUT2D eigenvalue weighted by atomic mass is 35.5. The molecule has 6 nitrogen and oxygen atoms in total. The first-order chi connectivity index (χ1) is 13.8. The SMILES string of the molecule is CCOc1ccc(S(=O)(=O)N2CCN(C(=S)Nc3ccc(F)c(Cl)c3)CC2)cc1. The van der Waals surface area contributed by atoms with E-state index in [0.29, 0.717) is 49.3 Å². The van der Waals surface area contributed by atoms with Gasteiger partial charge in [-0.25, -0.2) is 12.8 Å². The van der Waals surface area contributed by atoms with Gasteiger partial charge in [0.25, 0.3) is 0 Å². The molecule has 1 fully saturated rings. The molecule has 1 heterocycles. The van der Waals surface area contributed by atoms with E-state index in [4.69, 9.17) is 28.6 Å². The summed E-state index contributed by atoms with van der Waals surface area (Å²) >= 11 is 11.2. The van der Waals surface area contributed by atoms with Gasteiger partial charge in [-0.2, -0.15) is 4.31 Å². The summed E-state index contributed by atoms with van der Waals surface area (Å²) in [6.07, 6.45) is 0. The van der Waals surface area contributed by atoms with Crippen molar-refractivity contribution in [3.8, 4) is 5.75 Å². The first-order valence-corrected chi connectivity index (χ1v) is 11.3. The molecule has 0 saturated carbocycles. The highest BCUT2D eigenvalue weighted by Crippen LogP contribution is 2.22. The smallest absolute Gasteiger partial charge is 0.243 e. The van der Waals surface area contributed by atoms with Gasteiger partial charge in [-0.1, -0.05) is 11.6 Å². The number of rotatable bonds is 5. The Kier molecular flexibility index (Phi) is 6.94. The minimum atomic E-state index is -3.58. The third-order valence-electron chi connectivity index (χ3n) is 4.47. The molecule has 156 valence electrons. The van der Waals surface area contributed by atoms with Gasteiger partial charge in [0.05, 0.1) is 16.5 Å². The van der Waals surface area contributed by atoms with Crippen molar-refractivity contribution in [2.24, 2.45) is 0 Å². The van der Waals surface area contributed by atoms with Crippen LogP contribution in [0.15, 0.2) is 47.4 Å². The highest BCUT2D eigenvalue weighted by molar-refractivity contribution is 7.89. The van der Waals surface area contributed by atoms with E-state index in [1.807, 2.05) is 11.8 Å². The van der Waals surface area contributed by atoms with Gasteiger partial charge in [0.15, 0.2) is 5.11 Å². The minimum absolute atomic E-state index is 0.00377. The van der Waals surface area contributed by atoms with Crippen LogP contribution in [-0.2, 0) is 10.0 Å². The van der Waals surface area contributed by atoms with Crippen LogP contribution in [0.5, 0.6) is 5.75 Å². The van der Waals surface area contributed by atoms with Crippen LogP contribution < -0.4 is 10.1 Å². The van der Waals surface area contributed by atoms with Crippen LogP contribution in [0.3, 0.4) is 0 Å². The van der Waals surface area contributed by atoms with Crippen molar-refractivity contribution in [3.05, 3.63) is 53.3 Å². The van der Waals surface area contributed by atoms with Crippen LogP contribution in [-0.4, -0.2) is 55.5 Å². The van der Waals surface area contributed by atoms with Gasteiger partial charge in [0.2, 0.25) is 10.0 Å². The average Bonchev–Trinajstić information content (AvgIpc) is 2.71. The number of piperazine rings is 1. The number of halogens is 2. The fraction of sp³-hybridized carbons (Fsp3) is 0.316. The zero-order chi connectivity index (χ0) is 21.0. The second kappa shape index (κ2) is 9.25. The molecule has 1 saturated heterocycles. The molecular weight excluding hydrogens is 437 g/mol. The van der Waals surface area contributed by atoms with Crippen LogP contribution in [0.25, 0.3) is 0 Å². The molecule has 0 bridgehead atoms. The predicted octanol–water partition coefficient (Wildman–Crippen LogP) is 3.58. The van der Waals surface area contributed by atoms with E-state index >= 15 is 0 Å². The topological polar surface area (TPSA) is 61.9 Å². The van der Waals surface area contributed by atoms with Gasteiger partial charge in [-0.05, 0) is 61.6 Å². The average molecular weight is 458 g/mol. The van der Waals surface area contributed by atoms with E-state index in [0.717, 1.165) is 0 Å². The lowest BCUT2D eigenvalue weighted by Gasteiger charge is -2.35. The molecule has 10 heteroatoms. The second-order valence-electron chi connectivity index (χ2n) is 6.35. The lowest BCUT2D eigenvalue weighted by Crippen LogP contribution is -2.51. The Labute approximate surface area is 180 Å². The molecule has 0 aromatic heterocycles. The molecule has 1 aliphatic heterocycles. The maximum atomic E-state index is 13.3. The van der Waals surface area contributed by atoms with Crippen molar-refractivity contribution in [2.75, 3.05) is 38.1 Å². The van der Waals surface area contributed by atoms with Crippen LogP contribution in [0.4, 0.5) is 10.1 Å². The van der Waals surface area contributed by atoms with E-state index in [1.54, 1.807) is 30.3 Å². The highest BCUT2D eigenvalue weighted by Gasteiger charge is 2.29. The molecule has 2 aromatic carbocycles. The summed E-state index contributed by atoms with van der Waals surface area (Å²) in [5, 5.41) is 3.45. The monoisotopic (exact) mass is 457 g/mol. The standard InChI is InChI=1S/C19H21ClFN3O3S2/c1-2-27-15-4-6-16(7-5-15)29(25,26)24-11-9-23(10-12-24)19(28)22-14-3-8-18(21)17(20)13-14/h3-8,13H,2,9-12H2,1H3,(H,22,28). The third-order valence-corrected chi connectivity index (χ3v) is 7.03. The van der Waals surface area contributed by atoms with Crippen LogP contribution in [0.1, 0.15) is 6.92 Å². The molecule has 0 unspecified atom stereocenters. The van der Waals surface area contributed by atoms with Crippen molar-refractivity contribution in [2.45, 2.75) is 11.8 Å². The Hall–Kier alpha value is -1.94. The van der Waals surface area contributed by atoms with Gasteiger partial charge >= 0.3 is 0 Å². The van der Waals surface area contributed by atoms with Gasteiger partial charge < -0.3 is 15.0 Å². The maximum Gasteiger partial charge on any atom is 0.243 e. The van der Waals surface area contributed by atoms with E-state index < -0.39 is 15.8 Å². The molecule has 29 heavy (non-hydrogen) atoms. The Balaban J connectivity index is 1.60. The Morgan fingerprint density at radius 3 is 2.41 bits per heavy atom. The number of thiocarbonyl (C=S) groups is 1. The van der Waals surface area contributed by atoms with E-state index in [2.05, 4.69) is 5.32 Å². The summed E-state index contributed by atoms with van der Waals surface area (Å²) in [4.78, 5) is 2.10. The molecule has 3 rings (SSSR count). The van der Waals surface area contributed by atoms with Crippen LogP contribution in [0.2, 0.25) is 5.02 Å². The number of ether oxygens (including phenoxy) is 1. The maximum absolute atomic E-state index is 13.3. The molecule has 0 spiro atoms. The lowest BCUT2D eigenvalue weighted by atomic mass is 10.3. The number of anilines is 1. The number of nitrogens with one attached hydrogen (secondary N) is 1. The molecule has 2 aromatic rings. The Bertz CT molecular complexity index is 979. The number of hydrogen-bond acceptors (Lipinski definition) is 4. The van der Waals surface area contributed by atoms with Crippen molar-refractivity contribution >= 4 is 44.6 Å². The third kappa shape index (κ3) is 5.16. The number of hydrogen-bond donors (Lipinski definition) is 1. The van der Waals surface area contributed by atoms with Crippen molar-refractivity contribution in [1.82, 2.24) is 9.21 Å². The summed E-state index contributed by atoms with van der Waals surface area (Å²) in [6.45, 7) is 3.89. The van der Waals surface area contributed by atoms with E-state index in [1.165, 1.54) is 16.4 Å². The predicted molar refractivity (Wildman–Crippen MR) is 116 cm³/mol. The molecule has 0 radical (unpaired) electrons. The minimum Gasteiger partial charge on any atom is -0.494 e. The Morgan fingerprint density at radius 1 is 1.17 bits per heavy atom. The molecule has 0 aliphatic carbocycles. The Morgan fingerprint density at radius 2 is 1.83 bits per heavy atom. The molecule has 1 aliphatic rings. The van der Waals surface area contributed by atoms with Gasteiger partial charge in [-0.3, -0.25) is 0 Å². The molecular formula is C19H21ClFN3O3S2. The van der Waals surface area contributed by atoms with E-state index in [9.17, 15) is 12.8 Å². The molecule has 1 N–H and O–H groups in total. The fourth-order valence-corrected chi connectivity index (χ4v) is 4.83. The number of nitrogens with zero attached hydrogens (tertiary/aromatic N) is 2. The quantitative estimate of drug-likeness (QED) is 0.692. The van der Waals surface area contributed by atoms with Crippen molar-refractivity contribution in [1.29, 1.82) is 0 Å². The first-order valence-electron chi connectivity index (χ1n) is 9.05. The van der Waals surface area contributed by atoms with E-state index in [-0.39, 0.29) is 9.92 Å². The van der Waals surface area contributed by atoms with Crippen LogP contribution in [0, 0.1) is 5.82 Å². The molecule has 0 atom stereocenters. The van der Waals surface area contributed by atoms with Gasteiger partial charge in [0, 0.05) is 31.9 Å². The summed E-state index contributed by atoms with van der Waals surface area (Å²) in [5.74, 6) is 0.129.